The Labute approximate surface area is 294 Å². The molecule has 7 nitrogen and oxygen atoms in total. The van der Waals surface area contributed by atoms with Gasteiger partial charge in [0, 0.05) is 55.0 Å². The molecule has 7 heteroatoms. The average Bonchev–Trinajstić information content (AvgIpc) is 3.38. The Balaban J connectivity index is 1.11. The first-order valence-electron chi connectivity index (χ1n) is 19.7. The van der Waals surface area contributed by atoms with E-state index in [1.807, 2.05) is 6.08 Å². The van der Waals surface area contributed by atoms with E-state index in [9.17, 15) is 10.2 Å². The Morgan fingerprint density at radius 2 is 1.67 bits per heavy atom. The van der Waals surface area contributed by atoms with E-state index in [1.54, 1.807) is 0 Å². The maximum absolute atomic E-state index is 12.6. The van der Waals surface area contributed by atoms with Crippen LogP contribution in [0.4, 0.5) is 5.69 Å². The molecule has 6 fully saturated rings. The predicted molar refractivity (Wildman–Crippen MR) is 191 cm³/mol. The van der Waals surface area contributed by atoms with E-state index in [4.69, 9.17) is 18.9 Å². The molecule has 2 N–H and O–H groups in total. The van der Waals surface area contributed by atoms with E-state index < -0.39 is 17.0 Å². The molecule has 7 atom stereocenters. The molecule has 1 aromatic rings. The zero-order chi connectivity index (χ0) is 33.9. The zero-order valence-corrected chi connectivity index (χ0v) is 30.4. The van der Waals surface area contributed by atoms with Gasteiger partial charge in [-0.2, -0.15) is 0 Å². The standard InChI is InChI=1S/C42H61NO6/c1-38(2)28-48-42(49-29-38)21-17-35-37-32(15-19-40(35,44)27-42)34-16-20-41(45,18-9-25-47-36-10-5-8-24-46-36)39(34,3)26-33(37)30-11-13-31(14-12-30)43-22-6-4-7-23-43/h9,11-14,18,32-34,36,44-45H,4-8,10,15-17,19-29H2,1-3H3/b18-9-/t32-,33+,34-,36?,39-,40+,41-/m0/s1. The molecule has 3 aliphatic heterocycles. The predicted octanol–water partition coefficient (Wildman–Crippen LogP) is 7.80. The first kappa shape index (κ1) is 34.4. The molecule has 0 bridgehead atoms. The maximum Gasteiger partial charge on any atom is 0.171 e. The molecule has 0 amide bonds. The minimum absolute atomic E-state index is 0.00690. The number of hydrogen-bond acceptors (Lipinski definition) is 7. The lowest BCUT2D eigenvalue weighted by molar-refractivity contribution is -0.322. The van der Waals surface area contributed by atoms with Gasteiger partial charge < -0.3 is 34.1 Å². The van der Waals surface area contributed by atoms with Gasteiger partial charge in [-0.1, -0.05) is 50.6 Å². The normalized spacial score (nSPS) is 40.3. The number of ether oxygens (including phenoxy) is 4. The molecular weight excluding hydrogens is 614 g/mol. The number of rotatable bonds is 6. The lowest BCUT2D eigenvalue weighted by Crippen LogP contribution is -2.58. The summed E-state index contributed by atoms with van der Waals surface area (Å²) in [6.45, 7) is 11.6. The second kappa shape index (κ2) is 13.0. The highest BCUT2D eigenvalue weighted by Crippen LogP contribution is 2.68. The summed E-state index contributed by atoms with van der Waals surface area (Å²) in [6, 6.07) is 9.38. The summed E-state index contributed by atoms with van der Waals surface area (Å²) < 4.78 is 24.8. The van der Waals surface area contributed by atoms with Crippen molar-refractivity contribution in [3.63, 3.8) is 0 Å². The van der Waals surface area contributed by atoms with Gasteiger partial charge in [0.25, 0.3) is 0 Å². The van der Waals surface area contributed by atoms with Crippen LogP contribution in [0.2, 0.25) is 0 Å². The van der Waals surface area contributed by atoms with Gasteiger partial charge in [0.15, 0.2) is 12.1 Å². The maximum atomic E-state index is 12.6. The van der Waals surface area contributed by atoms with Crippen LogP contribution < -0.4 is 4.90 Å². The lowest BCUT2D eigenvalue weighted by Gasteiger charge is -2.58. The Hall–Kier alpha value is -1.74. The van der Waals surface area contributed by atoms with Crippen LogP contribution in [0.5, 0.6) is 0 Å². The summed E-state index contributed by atoms with van der Waals surface area (Å²) in [4.78, 5) is 2.53. The van der Waals surface area contributed by atoms with Gasteiger partial charge in [0.1, 0.15) is 0 Å². The number of allylic oxidation sites excluding steroid dienone is 1. The number of nitrogens with zero attached hydrogens (tertiary/aromatic N) is 1. The van der Waals surface area contributed by atoms with Crippen molar-refractivity contribution in [3.8, 4) is 0 Å². The molecule has 0 radical (unpaired) electrons. The second-order valence-electron chi connectivity index (χ2n) is 17.9. The Kier molecular flexibility index (Phi) is 9.14. The van der Waals surface area contributed by atoms with E-state index in [-0.39, 0.29) is 23.0 Å². The third kappa shape index (κ3) is 6.27. The monoisotopic (exact) mass is 675 g/mol. The minimum Gasteiger partial charge on any atom is -0.385 e. The van der Waals surface area contributed by atoms with Crippen molar-refractivity contribution in [3.05, 3.63) is 53.1 Å². The number of anilines is 1. The minimum atomic E-state index is -0.918. The summed E-state index contributed by atoms with van der Waals surface area (Å²) in [5.74, 6) is 0.157. The molecule has 1 aromatic carbocycles. The summed E-state index contributed by atoms with van der Waals surface area (Å²) in [5.41, 5.74) is 3.24. The molecule has 1 unspecified atom stereocenters. The number of benzene rings is 1. The smallest absolute Gasteiger partial charge is 0.171 e. The molecule has 270 valence electrons. The molecule has 8 rings (SSSR count). The number of fused-ring (bicyclic) bond motifs is 4. The molecular formula is C42H61NO6. The van der Waals surface area contributed by atoms with E-state index in [2.05, 4.69) is 56.0 Å². The Morgan fingerprint density at radius 1 is 0.898 bits per heavy atom. The summed E-state index contributed by atoms with van der Waals surface area (Å²) in [6.07, 6.45) is 17.4. The first-order chi connectivity index (χ1) is 23.5. The van der Waals surface area contributed by atoms with Crippen molar-refractivity contribution >= 4 is 5.69 Å². The van der Waals surface area contributed by atoms with Gasteiger partial charge in [-0.15, -0.1) is 0 Å². The third-order valence-corrected chi connectivity index (χ3v) is 14.0. The molecule has 1 spiro atoms. The van der Waals surface area contributed by atoms with Gasteiger partial charge in [-0.3, -0.25) is 0 Å². The van der Waals surface area contributed by atoms with Crippen LogP contribution in [0.3, 0.4) is 0 Å². The van der Waals surface area contributed by atoms with Crippen LogP contribution in [0.25, 0.3) is 0 Å². The molecule has 3 saturated carbocycles. The van der Waals surface area contributed by atoms with Crippen LogP contribution in [0.1, 0.15) is 122 Å². The van der Waals surface area contributed by atoms with Gasteiger partial charge in [0.2, 0.25) is 0 Å². The second-order valence-corrected chi connectivity index (χ2v) is 17.9. The average molecular weight is 676 g/mol. The lowest BCUT2D eigenvalue weighted by atomic mass is 9.49. The first-order valence-corrected chi connectivity index (χ1v) is 19.7. The van der Waals surface area contributed by atoms with Gasteiger partial charge in [0.05, 0.1) is 31.0 Å². The highest BCUT2D eigenvalue weighted by molar-refractivity contribution is 5.51. The van der Waals surface area contributed by atoms with Crippen molar-refractivity contribution in [2.24, 2.45) is 22.7 Å². The molecule has 7 aliphatic rings. The quantitative estimate of drug-likeness (QED) is 0.298. The van der Waals surface area contributed by atoms with Gasteiger partial charge in [-0.25, -0.2) is 0 Å². The van der Waals surface area contributed by atoms with E-state index in [1.165, 1.54) is 41.7 Å². The van der Waals surface area contributed by atoms with E-state index in [0.29, 0.717) is 38.1 Å². The fraction of sp³-hybridized carbons (Fsp3) is 0.762. The van der Waals surface area contributed by atoms with Gasteiger partial charge in [-0.05, 0) is 112 Å². The van der Waals surface area contributed by atoms with E-state index >= 15 is 0 Å². The fourth-order valence-electron chi connectivity index (χ4n) is 11.2. The molecule has 49 heavy (non-hydrogen) atoms. The van der Waals surface area contributed by atoms with Crippen LogP contribution in [-0.2, 0) is 18.9 Å². The van der Waals surface area contributed by atoms with Crippen LogP contribution in [0, 0.1) is 22.7 Å². The third-order valence-electron chi connectivity index (χ3n) is 14.0. The van der Waals surface area contributed by atoms with Crippen molar-refractivity contribution in [1.29, 1.82) is 0 Å². The zero-order valence-electron chi connectivity index (χ0n) is 30.4. The van der Waals surface area contributed by atoms with Crippen molar-refractivity contribution in [1.82, 2.24) is 0 Å². The van der Waals surface area contributed by atoms with Crippen molar-refractivity contribution < 1.29 is 29.2 Å². The summed E-state index contributed by atoms with van der Waals surface area (Å²) in [5, 5.41) is 25.2. The van der Waals surface area contributed by atoms with Crippen LogP contribution in [-0.4, -0.2) is 73.0 Å². The SMILES string of the molecule is CC1(C)COC2(CCC3=C4[C@@H](CC[C@@]3(O)C2)[C@@H]2CC[C@@](O)(/C=C\COC3CCCCO3)[C@@]2(C)C[C@@H]4c2ccc(N3CCCCC3)cc2)OC1. The highest BCUT2D eigenvalue weighted by Gasteiger charge is 2.64. The topological polar surface area (TPSA) is 80.6 Å². The molecule has 0 aromatic heterocycles. The van der Waals surface area contributed by atoms with Crippen molar-refractivity contribution in [2.75, 3.05) is 44.4 Å². The number of piperidine rings is 1. The number of hydrogen-bond donors (Lipinski definition) is 2. The fourth-order valence-corrected chi connectivity index (χ4v) is 11.2. The van der Waals surface area contributed by atoms with Crippen molar-refractivity contribution in [2.45, 2.75) is 140 Å². The van der Waals surface area contributed by atoms with Crippen LogP contribution in [0.15, 0.2) is 47.6 Å². The molecule has 3 heterocycles. The largest absolute Gasteiger partial charge is 0.385 e. The van der Waals surface area contributed by atoms with E-state index in [0.717, 1.165) is 83.9 Å². The highest BCUT2D eigenvalue weighted by atomic mass is 16.7. The Morgan fingerprint density at radius 3 is 2.41 bits per heavy atom. The number of aliphatic hydroxyl groups is 2. The summed E-state index contributed by atoms with van der Waals surface area (Å²) in [7, 11) is 0. The summed E-state index contributed by atoms with van der Waals surface area (Å²) >= 11 is 0. The van der Waals surface area contributed by atoms with Crippen LogP contribution >= 0.6 is 0 Å². The van der Waals surface area contributed by atoms with Gasteiger partial charge >= 0.3 is 0 Å². The molecule has 4 aliphatic carbocycles. The Bertz CT molecular complexity index is 1400. The molecule has 3 saturated heterocycles.